The molecule has 3 rings (SSSR count). The van der Waals surface area contributed by atoms with Crippen molar-refractivity contribution < 1.29 is 4.79 Å². The molecule has 1 aromatic carbocycles. The highest BCUT2D eigenvalue weighted by molar-refractivity contribution is 7.09. The second-order valence-corrected chi connectivity index (χ2v) is 6.63. The fourth-order valence-corrected chi connectivity index (χ4v) is 3.27. The number of hydrogen-bond donors (Lipinski definition) is 0. The van der Waals surface area contributed by atoms with Crippen molar-refractivity contribution in [2.24, 2.45) is 0 Å². The molecule has 0 spiro atoms. The predicted molar refractivity (Wildman–Crippen MR) is 89.8 cm³/mol. The maximum atomic E-state index is 12.2. The van der Waals surface area contributed by atoms with Crippen LogP contribution in [0.1, 0.15) is 34.8 Å². The molecule has 1 amide bonds. The number of aromatic nitrogens is 1. The summed E-state index contributed by atoms with van der Waals surface area (Å²) in [5.41, 5.74) is 4.50. The average Bonchev–Trinajstić information content (AvgIpc) is 3.27. The smallest absolute Gasteiger partial charge is 0.246 e. The first-order valence-corrected chi connectivity index (χ1v) is 8.52. The lowest BCUT2D eigenvalue weighted by Gasteiger charge is -2.22. The summed E-state index contributed by atoms with van der Waals surface area (Å²) in [7, 11) is 0. The lowest BCUT2D eigenvalue weighted by molar-refractivity contribution is -0.126. The Kier molecular flexibility index (Phi) is 4.68. The van der Waals surface area contributed by atoms with E-state index >= 15 is 0 Å². The molecule has 1 heterocycles. The van der Waals surface area contributed by atoms with Crippen molar-refractivity contribution >= 4 is 17.2 Å². The average molecular weight is 312 g/mol. The molecule has 4 heteroatoms. The molecule has 0 saturated heterocycles. The van der Waals surface area contributed by atoms with Crippen LogP contribution in [0.5, 0.6) is 0 Å². The molecule has 2 aromatic rings. The van der Waals surface area contributed by atoms with E-state index in [0.29, 0.717) is 19.0 Å². The lowest BCUT2D eigenvalue weighted by atomic mass is 10.0. The third-order valence-corrected chi connectivity index (χ3v) is 4.87. The van der Waals surface area contributed by atoms with E-state index in [0.717, 1.165) is 6.42 Å². The largest absolute Gasteiger partial charge is 0.334 e. The van der Waals surface area contributed by atoms with Gasteiger partial charge in [-0.1, -0.05) is 30.8 Å². The number of nitrogens with zero attached hydrogens (tertiary/aromatic N) is 2. The molecular formula is C18H20N2OS. The van der Waals surface area contributed by atoms with Crippen LogP contribution < -0.4 is 0 Å². The molecule has 1 fully saturated rings. The van der Waals surface area contributed by atoms with Crippen molar-refractivity contribution in [1.82, 2.24) is 9.88 Å². The second-order valence-electron chi connectivity index (χ2n) is 5.65. The molecule has 3 nitrogen and oxygen atoms in total. The van der Waals surface area contributed by atoms with Gasteiger partial charge in [-0.05, 0) is 36.0 Å². The van der Waals surface area contributed by atoms with Gasteiger partial charge in [0.25, 0.3) is 0 Å². The number of amides is 1. The van der Waals surface area contributed by atoms with E-state index in [9.17, 15) is 4.79 Å². The first-order valence-electron chi connectivity index (χ1n) is 7.64. The van der Waals surface area contributed by atoms with E-state index in [1.165, 1.54) is 34.9 Å². The Morgan fingerprint density at radius 1 is 1.41 bits per heavy atom. The van der Waals surface area contributed by atoms with Crippen molar-refractivity contribution in [3.05, 3.63) is 64.6 Å². The van der Waals surface area contributed by atoms with Gasteiger partial charge in [-0.3, -0.25) is 9.78 Å². The highest BCUT2D eigenvalue weighted by Gasteiger charge is 2.26. The summed E-state index contributed by atoms with van der Waals surface area (Å²) < 4.78 is 0. The third-order valence-electron chi connectivity index (χ3n) is 4.03. The van der Waals surface area contributed by atoms with Gasteiger partial charge in [0, 0.05) is 30.6 Å². The van der Waals surface area contributed by atoms with E-state index in [1.54, 1.807) is 11.3 Å². The molecular weight excluding hydrogens is 292 g/mol. The van der Waals surface area contributed by atoms with E-state index in [4.69, 9.17) is 0 Å². The van der Waals surface area contributed by atoms with Crippen LogP contribution in [0, 0.1) is 0 Å². The molecule has 1 aromatic heterocycles. The molecule has 22 heavy (non-hydrogen) atoms. The van der Waals surface area contributed by atoms with Crippen LogP contribution in [0.3, 0.4) is 0 Å². The summed E-state index contributed by atoms with van der Waals surface area (Å²) in [6.45, 7) is 5.00. The highest BCUT2D eigenvalue weighted by atomic mass is 32.1. The van der Waals surface area contributed by atoms with Crippen LogP contribution in [0.25, 0.3) is 0 Å². The summed E-state index contributed by atoms with van der Waals surface area (Å²) in [5, 5.41) is 0. The van der Waals surface area contributed by atoms with Gasteiger partial charge in [0.15, 0.2) is 0 Å². The zero-order chi connectivity index (χ0) is 15.4. The Morgan fingerprint density at radius 3 is 2.91 bits per heavy atom. The molecule has 0 radical (unpaired) electrons. The SMILES string of the molecule is C=CC(=O)N(CCc1cncs1)Cc1ccccc1C1CC1. The molecule has 0 aliphatic heterocycles. The normalized spacial score (nSPS) is 13.8. The number of rotatable bonds is 7. The molecule has 0 unspecified atom stereocenters. The lowest BCUT2D eigenvalue weighted by Crippen LogP contribution is -2.31. The molecule has 1 saturated carbocycles. The number of benzene rings is 1. The second kappa shape index (κ2) is 6.88. The van der Waals surface area contributed by atoms with Crippen LogP contribution in [-0.4, -0.2) is 22.3 Å². The summed E-state index contributed by atoms with van der Waals surface area (Å²) in [5.74, 6) is 0.688. The van der Waals surface area contributed by atoms with Gasteiger partial charge in [-0.15, -0.1) is 11.3 Å². The number of thiazole rings is 1. The Morgan fingerprint density at radius 2 is 2.23 bits per heavy atom. The maximum Gasteiger partial charge on any atom is 0.246 e. The molecule has 0 atom stereocenters. The predicted octanol–water partition coefficient (Wildman–Crippen LogP) is 3.78. The zero-order valence-electron chi connectivity index (χ0n) is 12.6. The van der Waals surface area contributed by atoms with Crippen molar-refractivity contribution in [2.75, 3.05) is 6.54 Å². The monoisotopic (exact) mass is 312 g/mol. The van der Waals surface area contributed by atoms with Crippen molar-refractivity contribution in [3.63, 3.8) is 0 Å². The Labute approximate surface area is 135 Å². The fourth-order valence-electron chi connectivity index (χ4n) is 2.68. The standard InChI is InChI=1S/C18H20N2OS/c1-2-18(21)20(10-9-16-11-19-13-22-16)12-15-5-3-4-6-17(15)14-7-8-14/h2-6,11,13-14H,1,7-10,12H2. The van der Waals surface area contributed by atoms with E-state index in [1.807, 2.05) is 16.6 Å². The molecule has 0 N–H and O–H groups in total. The van der Waals surface area contributed by atoms with Gasteiger partial charge in [0.2, 0.25) is 5.91 Å². The van der Waals surface area contributed by atoms with Crippen LogP contribution in [0.2, 0.25) is 0 Å². The van der Waals surface area contributed by atoms with Crippen molar-refractivity contribution in [2.45, 2.75) is 31.7 Å². The number of carbonyl (C=O) groups excluding carboxylic acids is 1. The van der Waals surface area contributed by atoms with E-state index in [-0.39, 0.29) is 5.91 Å². The number of carbonyl (C=O) groups is 1. The molecule has 114 valence electrons. The first-order chi connectivity index (χ1) is 10.8. The summed E-state index contributed by atoms with van der Waals surface area (Å²) in [6.07, 6.45) is 6.67. The summed E-state index contributed by atoms with van der Waals surface area (Å²) in [4.78, 5) is 19.3. The van der Waals surface area contributed by atoms with E-state index < -0.39 is 0 Å². The van der Waals surface area contributed by atoms with Gasteiger partial charge in [-0.2, -0.15) is 0 Å². The molecule has 0 bridgehead atoms. The van der Waals surface area contributed by atoms with E-state index in [2.05, 4.69) is 35.8 Å². The van der Waals surface area contributed by atoms with Gasteiger partial charge >= 0.3 is 0 Å². The topological polar surface area (TPSA) is 33.2 Å². The number of hydrogen-bond acceptors (Lipinski definition) is 3. The quantitative estimate of drug-likeness (QED) is 0.729. The van der Waals surface area contributed by atoms with Gasteiger partial charge < -0.3 is 4.90 Å². The van der Waals surface area contributed by atoms with Gasteiger partial charge in [0.05, 0.1) is 5.51 Å². The first kappa shape index (κ1) is 15.0. The third kappa shape index (κ3) is 3.63. The van der Waals surface area contributed by atoms with Gasteiger partial charge in [-0.25, -0.2) is 0 Å². The minimum atomic E-state index is -0.00452. The summed E-state index contributed by atoms with van der Waals surface area (Å²) >= 11 is 1.63. The van der Waals surface area contributed by atoms with Gasteiger partial charge in [0.1, 0.15) is 0 Å². The van der Waals surface area contributed by atoms with Crippen LogP contribution in [0.15, 0.2) is 48.6 Å². The molecule has 1 aliphatic carbocycles. The minimum Gasteiger partial charge on any atom is -0.334 e. The molecule has 1 aliphatic rings. The maximum absolute atomic E-state index is 12.2. The van der Waals surface area contributed by atoms with Crippen LogP contribution in [-0.2, 0) is 17.8 Å². The fraction of sp³-hybridized carbons (Fsp3) is 0.333. The van der Waals surface area contributed by atoms with Crippen molar-refractivity contribution in [1.29, 1.82) is 0 Å². The van der Waals surface area contributed by atoms with Crippen LogP contribution >= 0.6 is 11.3 Å². The summed E-state index contributed by atoms with van der Waals surface area (Å²) in [6, 6.07) is 8.49. The zero-order valence-corrected chi connectivity index (χ0v) is 13.4. The highest BCUT2D eigenvalue weighted by Crippen LogP contribution is 2.41. The minimum absolute atomic E-state index is 0.00452. The Bertz CT molecular complexity index is 647. The van der Waals surface area contributed by atoms with Crippen molar-refractivity contribution in [3.8, 4) is 0 Å². The van der Waals surface area contributed by atoms with Crippen LogP contribution in [0.4, 0.5) is 0 Å². The Hall–Kier alpha value is -1.94. The Balaban J connectivity index is 1.72.